The molecule has 1 aliphatic heterocycles. The van der Waals surface area contributed by atoms with Crippen LogP contribution in [0.4, 0.5) is 26.0 Å². The van der Waals surface area contributed by atoms with Gasteiger partial charge in [0.25, 0.3) is 0 Å². The molecule has 7 nitrogen and oxygen atoms in total. The SMILES string of the molecule is Cc1cc(Nc2nccc(-c3sc(N4CCOC4=O)nc3C)n2)ccc1F. The molecular formula is C18H16FN5O2S. The number of nitrogens with zero attached hydrogens (tertiary/aromatic N) is 4. The van der Waals surface area contributed by atoms with E-state index in [1.54, 1.807) is 31.3 Å². The summed E-state index contributed by atoms with van der Waals surface area (Å²) < 4.78 is 18.4. The van der Waals surface area contributed by atoms with Gasteiger partial charge in [-0.25, -0.2) is 29.0 Å². The lowest BCUT2D eigenvalue weighted by molar-refractivity contribution is 0.181. The molecule has 0 unspecified atom stereocenters. The molecule has 3 aromatic rings. The summed E-state index contributed by atoms with van der Waals surface area (Å²) >= 11 is 1.38. The van der Waals surface area contributed by atoms with E-state index in [0.29, 0.717) is 41.2 Å². The van der Waals surface area contributed by atoms with Crippen LogP contribution in [0.25, 0.3) is 10.6 Å². The minimum absolute atomic E-state index is 0.261. The monoisotopic (exact) mass is 385 g/mol. The number of amides is 1. The fourth-order valence-corrected chi connectivity index (χ4v) is 3.75. The molecule has 4 rings (SSSR count). The molecule has 0 atom stereocenters. The number of carbonyl (C=O) groups is 1. The standard InChI is InChI=1S/C18H16FN5O2S/c1-10-9-12(3-4-13(10)19)22-16-20-6-5-14(23-16)15-11(2)21-17(27-15)24-7-8-26-18(24)25/h3-6,9H,7-8H2,1-2H3,(H,20,22,23). The molecule has 0 radical (unpaired) electrons. The second kappa shape index (κ2) is 6.92. The zero-order valence-corrected chi connectivity index (χ0v) is 15.5. The first-order valence-corrected chi connectivity index (χ1v) is 9.11. The largest absolute Gasteiger partial charge is 0.447 e. The van der Waals surface area contributed by atoms with E-state index in [0.717, 1.165) is 10.6 Å². The van der Waals surface area contributed by atoms with Gasteiger partial charge in [0.15, 0.2) is 5.13 Å². The Hall–Kier alpha value is -3.07. The highest BCUT2D eigenvalue weighted by Crippen LogP contribution is 2.35. The van der Waals surface area contributed by atoms with Crippen molar-refractivity contribution in [3.8, 4) is 10.6 Å². The van der Waals surface area contributed by atoms with Gasteiger partial charge in [0.2, 0.25) is 5.95 Å². The van der Waals surface area contributed by atoms with E-state index in [1.165, 1.54) is 22.3 Å². The van der Waals surface area contributed by atoms with Crippen molar-refractivity contribution in [1.29, 1.82) is 0 Å². The van der Waals surface area contributed by atoms with Gasteiger partial charge in [-0.2, -0.15) is 0 Å². The summed E-state index contributed by atoms with van der Waals surface area (Å²) in [6.45, 7) is 4.43. The average Bonchev–Trinajstić information content (AvgIpc) is 3.24. The van der Waals surface area contributed by atoms with Gasteiger partial charge in [-0.3, -0.25) is 0 Å². The van der Waals surface area contributed by atoms with Crippen LogP contribution in [0.3, 0.4) is 0 Å². The quantitative estimate of drug-likeness (QED) is 0.730. The fourth-order valence-electron chi connectivity index (χ4n) is 2.70. The number of aryl methyl sites for hydroxylation is 2. The molecule has 1 aliphatic rings. The van der Waals surface area contributed by atoms with Gasteiger partial charge in [-0.15, -0.1) is 0 Å². The van der Waals surface area contributed by atoms with Crippen LogP contribution in [0.1, 0.15) is 11.3 Å². The van der Waals surface area contributed by atoms with E-state index in [1.807, 2.05) is 6.92 Å². The summed E-state index contributed by atoms with van der Waals surface area (Å²) in [6.07, 6.45) is 1.26. The summed E-state index contributed by atoms with van der Waals surface area (Å²) in [4.78, 5) is 27.3. The zero-order chi connectivity index (χ0) is 19.0. The number of aromatic nitrogens is 3. The molecule has 1 N–H and O–H groups in total. The molecule has 1 saturated heterocycles. The van der Waals surface area contributed by atoms with E-state index in [9.17, 15) is 9.18 Å². The number of anilines is 3. The third-order valence-corrected chi connectivity index (χ3v) is 5.28. The molecular weight excluding hydrogens is 369 g/mol. The molecule has 27 heavy (non-hydrogen) atoms. The first-order chi connectivity index (χ1) is 13.0. The van der Waals surface area contributed by atoms with Gasteiger partial charge < -0.3 is 10.1 Å². The second-order valence-electron chi connectivity index (χ2n) is 6.03. The van der Waals surface area contributed by atoms with Crippen molar-refractivity contribution in [2.75, 3.05) is 23.4 Å². The van der Waals surface area contributed by atoms with E-state index >= 15 is 0 Å². The summed E-state index contributed by atoms with van der Waals surface area (Å²) in [5.41, 5.74) is 2.71. The molecule has 0 aliphatic carbocycles. The number of carbonyl (C=O) groups excluding carboxylic acids is 1. The summed E-state index contributed by atoms with van der Waals surface area (Å²) in [7, 11) is 0. The van der Waals surface area contributed by atoms with E-state index in [-0.39, 0.29) is 11.9 Å². The highest BCUT2D eigenvalue weighted by atomic mass is 32.1. The maximum Gasteiger partial charge on any atom is 0.416 e. The molecule has 3 heterocycles. The van der Waals surface area contributed by atoms with Gasteiger partial charge in [-0.1, -0.05) is 11.3 Å². The third-order valence-electron chi connectivity index (χ3n) is 4.08. The summed E-state index contributed by atoms with van der Waals surface area (Å²) in [5, 5.41) is 3.67. The number of ether oxygens (including phenoxy) is 1. The van der Waals surface area contributed by atoms with Gasteiger partial charge in [0.1, 0.15) is 12.4 Å². The number of nitrogens with one attached hydrogen (secondary N) is 1. The van der Waals surface area contributed by atoms with E-state index < -0.39 is 0 Å². The number of benzene rings is 1. The molecule has 1 amide bonds. The van der Waals surface area contributed by atoms with Crippen molar-refractivity contribution in [3.05, 3.63) is 47.5 Å². The number of cyclic esters (lactones) is 1. The number of halogens is 1. The van der Waals surface area contributed by atoms with E-state index in [4.69, 9.17) is 4.74 Å². The van der Waals surface area contributed by atoms with Crippen molar-refractivity contribution >= 4 is 34.2 Å². The van der Waals surface area contributed by atoms with Crippen LogP contribution >= 0.6 is 11.3 Å². The van der Waals surface area contributed by atoms with Crippen molar-refractivity contribution in [2.24, 2.45) is 0 Å². The number of rotatable bonds is 4. The highest BCUT2D eigenvalue weighted by Gasteiger charge is 2.27. The number of hydrogen-bond acceptors (Lipinski definition) is 7. The fraction of sp³-hybridized carbons (Fsp3) is 0.222. The van der Waals surface area contributed by atoms with Crippen molar-refractivity contribution in [2.45, 2.75) is 13.8 Å². The van der Waals surface area contributed by atoms with Crippen molar-refractivity contribution in [1.82, 2.24) is 15.0 Å². The first-order valence-electron chi connectivity index (χ1n) is 8.29. The van der Waals surface area contributed by atoms with Gasteiger partial charge >= 0.3 is 6.09 Å². The molecule has 0 bridgehead atoms. The van der Waals surface area contributed by atoms with Gasteiger partial charge in [-0.05, 0) is 43.7 Å². The van der Waals surface area contributed by atoms with Crippen molar-refractivity contribution in [3.63, 3.8) is 0 Å². The Kier molecular flexibility index (Phi) is 4.44. The Morgan fingerprint density at radius 3 is 2.85 bits per heavy atom. The Balaban J connectivity index is 1.61. The third kappa shape index (κ3) is 3.45. The maximum absolute atomic E-state index is 13.4. The molecule has 9 heteroatoms. The minimum Gasteiger partial charge on any atom is -0.447 e. The maximum atomic E-state index is 13.4. The minimum atomic E-state index is -0.382. The van der Waals surface area contributed by atoms with Crippen LogP contribution in [0, 0.1) is 19.7 Å². The van der Waals surface area contributed by atoms with E-state index in [2.05, 4.69) is 20.3 Å². The zero-order valence-electron chi connectivity index (χ0n) is 14.7. The lowest BCUT2D eigenvalue weighted by Gasteiger charge is -2.07. The Morgan fingerprint density at radius 1 is 1.26 bits per heavy atom. The first kappa shape index (κ1) is 17.3. The highest BCUT2D eigenvalue weighted by molar-refractivity contribution is 7.19. The van der Waals surface area contributed by atoms with Crippen LogP contribution in [0.2, 0.25) is 0 Å². The summed E-state index contributed by atoms with van der Waals surface area (Å²) in [6, 6.07) is 6.51. The molecule has 138 valence electrons. The second-order valence-corrected chi connectivity index (χ2v) is 7.01. The predicted molar refractivity (Wildman–Crippen MR) is 101 cm³/mol. The summed E-state index contributed by atoms with van der Waals surface area (Å²) in [5.74, 6) is 0.136. The van der Waals surface area contributed by atoms with Crippen molar-refractivity contribution < 1.29 is 13.9 Å². The molecule has 1 fully saturated rings. The normalized spacial score (nSPS) is 13.7. The van der Waals surface area contributed by atoms with Crippen LogP contribution in [0.15, 0.2) is 30.5 Å². The van der Waals surface area contributed by atoms with Gasteiger partial charge in [0.05, 0.1) is 22.8 Å². The lowest BCUT2D eigenvalue weighted by Crippen LogP contribution is -2.22. The van der Waals surface area contributed by atoms with Crippen LogP contribution < -0.4 is 10.2 Å². The smallest absolute Gasteiger partial charge is 0.416 e. The predicted octanol–water partition coefficient (Wildman–Crippen LogP) is 4.06. The van der Waals surface area contributed by atoms with Crippen LogP contribution in [0.5, 0.6) is 0 Å². The Labute approximate surface area is 158 Å². The van der Waals surface area contributed by atoms with Gasteiger partial charge in [0, 0.05) is 11.9 Å². The van der Waals surface area contributed by atoms with Crippen LogP contribution in [-0.4, -0.2) is 34.2 Å². The number of thiazole rings is 1. The molecule has 1 aromatic carbocycles. The number of hydrogen-bond donors (Lipinski definition) is 1. The Bertz CT molecular complexity index is 1020. The lowest BCUT2D eigenvalue weighted by atomic mass is 10.2. The molecule has 2 aromatic heterocycles. The average molecular weight is 385 g/mol. The molecule has 0 saturated carbocycles. The van der Waals surface area contributed by atoms with Crippen LogP contribution in [-0.2, 0) is 4.74 Å². The Morgan fingerprint density at radius 2 is 2.11 bits per heavy atom. The molecule has 0 spiro atoms. The topological polar surface area (TPSA) is 80.2 Å².